The molecular weight excluding hydrogens is 204 g/mol. The zero-order valence-electron chi connectivity index (χ0n) is 10.6. The smallest absolute Gasteiger partial charge is 0.233 e. The Morgan fingerprint density at radius 2 is 2.25 bits per heavy atom. The van der Waals surface area contributed by atoms with Gasteiger partial charge in [-0.1, -0.05) is 6.92 Å². The highest BCUT2D eigenvalue weighted by molar-refractivity contribution is 5.77. The summed E-state index contributed by atoms with van der Waals surface area (Å²) in [5.74, 6) is 0.0890. The fraction of sp³-hybridized carbons (Fsp3) is 0.917. The van der Waals surface area contributed by atoms with Gasteiger partial charge in [0.25, 0.3) is 0 Å². The van der Waals surface area contributed by atoms with Gasteiger partial charge in [0, 0.05) is 19.2 Å². The minimum absolute atomic E-state index is 0.0597. The lowest BCUT2D eigenvalue weighted by atomic mass is 9.94. The Morgan fingerprint density at radius 1 is 1.50 bits per heavy atom. The molecule has 1 fully saturated rings. The molecular formula is C12H24N2O2. The van der Waals surface area contributed by atoms with Crippen LogP contribution in [-0.4, -0.2) is 37.2 Å². The number of carbonyl (C=O) groups excluding carboxylic acids is 1. The Kier molecular flexibility index (Phi) is 5.22. The Morgan fingerprint density at radius 3 is 2.88 bits per heavy atom. The third kappa shape index (κ3) is 4.94. The molecule has 0 aliphatic carbocycles. The fourth-order valence-corrected chi connectivity index (χ4v) is 1.97. The Bertz CT molecular complexity index is 229. The van der Waals surface area contributed by atoms with Crippen molar-refractivity contribution in [3.05, 3.63) is 0 Å². The summed E-state index contributed by atoms with van der Waals surface area (Å²) >= 11 is 0. The third-order valence-corrected chi connectivity index (χ3v) is 2.82. The number of carbonyl (C=O) groups is 1. The summed E-state index contributed by atoms with van der Waals surface area (Å²) < 4.78 is 5.63. The van der Waals surface area contributed by atoms with E-state index >= 15 is 0 Å². The second kappa shape index (κ2) is 6.21. The van der Waals surface area contributed by atoms with Gasteiger partial charge in [0.2, 0.25) is 5.91 Å². The van der Waals surface area contributed by atoms with Crippen molar-refractivity contribution in [2.75, 3.05) is 19.7 Å². The molecule has 4 heteroatoms. The molecule has 0 aromatic heterocycles. The molecule has 1 amide bonds. The van der Waals surface area contributed by atoms with E-state index < -0.39 is 0 Å². The van der Waals surface area contributed by atoms with Gasteiger partial charge in [-0.25, -0.2) is 0 Å². The molecule has 1 rings (SSSR count). The number of hydrogen-bond acceptors (Lipinski definition) is 3. The van der Waals surface area contributed by atoms with Crippen LogP contribution in [0.1, 0.15) is 40.0 Å². The van der Waals surface area contributed by atoms with Crippen molar-refractivity contribution < 1.29 is 9.53 Å². The van der Waals surface area contributed by atoms with Crippen LogP contribution in [-0.2, 0) is 9.53 Å². The quantitative estimate of drug-likeness (QED) is 0.740. The summed E-state index contributed by atoms with van der Waals surface area (Å²) in [6, 6.07) is 0.399. The van der Waals surface area contributed by atoms with Crippen LogP contribution in [0, 0.1) is 0 Å². The maximum Gasteiger partial charge on any atom is 0.233 e. The first-order valence-electron chi connectivity index (χ1n) is 6.17. The third-order valence-electron chi connectivity index (χ3n) is 2.82. The maximum atomic E-state index is 11.4. The van der Waals surface area contributed by atoms with Crippen molar-refractivity contribution in [2.45, 2.75) is 51.7 Å². The molecule has 1 atom stereocenters. The number of rotatable bonds is 5. The molecule has 0 saturated carbocycles. The van der Waals surface area contributed by atoms with Crippen LogP contribution in [0.4, 0.5) is 0 Å². The van der Waals surface area contributed by atoms with Crippen LogP contribution in [0.15, 0.2) is 0 Å². The summed E-state index contributed by atoms with van der Waals surface area (Å²) in [6.07, 6.45) is 2.94. The van der Waals surface area contributed by atoms with Gasteiger partial charge < -0.3 is 15.4 Å². The van der Waals surface area contributed by atoms with Gasteiger partial charge in [-0.2, -0.15) is 0 Å². The van der Waals surface area contributed by atoms with Gasteiger partial charge in [-0.05, 0) is 33.1 Å². The molecule has 1 heterocycles. The Balaban J connectivity index is 2.19. The van der Waals surface area contributed by atoms with Gasteiger partial charge in [0.1, 0.15) is 0 Å². The molecule has 0 aromatic rings. The van der Waals surface area contributed by atoms with Crippen LogP contribution < -0.4 is 10.6 Å². The van der Waals surface area contributed by atoms with E-state index in [-0.39, 0.29) is 11.5 Å². The molecule has 0 aromatic carbocycles. The highest BCUT2D eigenvalue weighted by Gasteiger charge is 2.28. The van der Waals surface area contributed by atoms with Crippen LogP contribution in [0.25, 0.3) is 0 Å². The van der Waals surface area contributed by atoms with Gasteiger partial charge >= 0.3 is 0 Å². The Labute approximate surface area is 98.1 Å². The first kappa shape index (κ1) is 13.5. The predicted octanol–water partition coefficient (Wildman–Crippen LogP) is 1.06. The van der Waals surface area contributed by atoms with Crippen LogP contribution in [0.5, 0.6) is 0 Å². The SMILES string of the molecule is CCCNC(=O)CNC1CCOC(C)(C)C1. The lowest BCUT2D eigenvalue weighted by Crippen LogP contribution is -2.46. The first-order valence-corrected chi connectivity index (χ1v) is 6.17. The van der Waals surface area contributed by atoms with Gasteiger partial charge in [0.05, 0.1) is 12.1 Å². The van der Waals surface area contributed by atoms with E-state index in [1.54, 1.807) is 0 Å². The molecule has 0 spiro atoms. The van der Waals surface area contributed by atoms with Crippen LogP contribution >= 0.6 is 0 Å². The number of hydrogen-bond donors (Lipinski definition) is 2. The van der Waals surface area contributed by atoms with Crippen molar-refractivity contribution in [3.63, 3.8) is 0 Å². The summed E-state index contributed by atoms with van der Waals surface area (Å²) in [5, 5.41) is 6.15. The lowest BCUT2D eigenvalue weighted by Gasteiger charge is -2.35. The predicted molar refractivity (Wildman–Crippen MR) is 64.4 cm³/mol. The highest BCUT2D eigenvalue weighted by atomic mass is 16.5. The summed E-state index contributed by atoms with van der Waals surface area (Å²) in [5.41, 5.74) is -0.0597. The molecule has 4 nitrogen and oxygen atoms in total. The van der Waals surface area contributed by atoms with E-state index in [0.29, 0.717) is 12.6 Å². The molecule has 1 unspecified atom stereocenters. The molecule has 1 aliphatic rings. The number of amides is 1. The molecule has 2 N–H and O–H groups in total. The second-order valence-corrected chi connectivity index (χ2v) is 5.03. The van der Waals surface area contributed by atoms with Crippen molar-refractivity contribution in [2.24, 2.45) is 0 Å². The number of nitrogens with one attached hydrogen (secondary N) is 2. The summed E-state index contributed by atoms with van der Waals surface area (Å²) in [6.45, 7) is 8.20. The fourth-order valence-electron chi connectivity index (χ4n) is 1.97. The van der Waals surface area contributed by atoms with E-state index in [1.807, 2.05) is 0 Å². The topological polar surface area (TPSA) is 50.4 Å². The largest absolute Gasteiger partial charge is 0.375 e. The van der Waals surface area contributed by atoms with Gasteiger partial charge in [0.15, 0.2) is 0 Å². The van der Waals surface area contributed by atoms with E-state index in [4.69, 9.17) is 4.74 Å². The van der Waals surface area contributed by atoms with Gasteiger partial charge in [-0.3, -0.25) is 4.79 Å². The highest BCUT2D eigenvalue weighted by Crippen LogP contribution is 2.23. The van der Waals surface area contributed by atoms with E-state index in [9.17, 15) is 4.79 Å². The molecule has 1 saturated heterocycles. The average Bonchev–Trinajstić information content (AvgIpc) is 2.22. The summed E-state index contributed by atoms with van der Waals surface area (Å²) in [7, 11) is 0. The number of ether oxygens (including phenoxy) is 1. The molecule has 0 radical (unpaired) electrons. The average molecular weight is 228 g/mol. The summed E-state index contributed by atoms with van der Waals surface area (Å²) in [4.78, 5) is 11.4. The van der Waals surface area contributed by atoms with Crippen LogP contribution in [0.3, 0.4) is 0 Å². The minimum Gasteiger partial charge on any atom is -0.375 e. The Hall–Kier alpha value is -0.610. The normalized spacial score (nSPS) is 24.1. The lowest BCUT2D eigenvalue weighted by molar-refractivity contribution is -0.120. The van der Waals surface area contributed by atoms with Crippen molar-refractivity contribution >= 4 is 5.91 Å². The minimum atomic E-state index is -0.0597. The standard InChI is InChI=1S/C12H24N2O2/c1-4-6-13-11(15)9-14-10-5-7-16-12(2,3)8-10/h10,14H,4-9H2,1-3H3,(H,13,15). The molecule has 0 bridgehead atoms. The van der Waals surface area contributed by atoms with Crippen molar-refractivity contribution in [1.82, 2.24) is 10.6 Å². The maximum absolute atomic E-state index is 11.4. The molecule has 1 aliphatic heterocycles. The van der Waals surface area contributed by atoms with Crippen LogP contribution in [0.2, 0.25) is 0 Å². The van der Waals surface area contributed by atoms with E-state index in [2.05, 4.69) is 31.4 Å². The van der Waals surface area contributed by atoms with Gasteiger partial charge in [-0.15, -0.1) is 0 Å². The zero-order chi connectivity index (χ0) is 12.0. The first-order chi connectivity index (χ1) is 7.53. The molecule has 94 valence electrons. The molecule has 16 heavy (non-hydrogen) atoms. The monoisotopic (exact) mass is 228 g/mol. The van der Waals surface area contributed by atoms with Crippen molar-refractivity contribution in [1.29, 1.82) is 0 Å². The second-order valence-electron chi connectivity index (χ2n) is 5.03. The zero-order valence-corrected chi connectivity index (χ0v) is 10.6. The van der Waals surface area contributed by atoms with E-state index in [1.165, 1.54) is 0 Å². The van der Waals surface area contributed by atoms with E-state index in [0.717, 1.165) is 32.4 Å². The van der Waals surface area contributed by atoms with Crippen molar-refractivity contribution in [3.8, 4) is 0 Å².